The lowest BCUT2D eigenvalue weighted by atomic mass is 10.2. The summed E-state index contributed by atoms with van der Waals surface area (Å²) >= 11 is 6.29. The second-order valence-electron chi connectivity index (χ2n) is 10.2. The Morgan fingerprint density at radius 2 is 2.00 bits per heavy atom. The van der Waals surface area contributed by atoms with Crippen LogP contribution in [-0.2, 0) is 30.1 Å². The summed E-state index contributed by atoms with van der Waals surface area (Å²) in [6, 6.07) is 6.74. The number of hydrogen-bond donors (Lipinski definition) is 1. The molecule has 1 atom stereocenters. The number of benzene rings is 1. The molecule has 0 bridgehead atoms. The summed E-state index contributed by atoms with van der Waals surface area (Å²) in [4.78, 5) is 49.2. The van der Waals surface area contributed by atoms with E-state index in [9.17, 15) is 14.4 Å². The number of morpholine rings is 1. The van der Waals surface area contributed by atoms with E-state index < -0.39 is 29.0 Å². The van der Waals surface area contributed by atoms with Gasteiger partial charge in [-0.15, -0.1) is 0 Å². The third-order valence-corrected chi connectivity index (χ3v) is 6.77. The SMILES string of the molecule is Cn1c(C2COCCN2C(=O)OC(C)(C)C)nc2c1c(=O)n(Cc1cc3c(Cl)cccc3[nH]1)c(=O)n2C. The van der Waals surface area contributed by atoms with Gasteiger partial charge >= 0.3 is 11.8 Å². The Kier molecular flexibility index (Phi) is 6.15. The maximum atomic E-state index is 13.6. The van der Waals surface area contributed by atoms with Gasteiger partial charge in [-0.25, -0.2) is 14.6 Å². The van der Waals surface area contributed by atoms with Crippen LogP contribution in [-0.4, -0.2) is 60.0 Å². The van der Waals surface area contributed by atoms with E-state index >= 15 is 0 Å². The van der Waals surface area contributed by atoms with Crippen LogP contribution in [0.3, 0.4) is 0 Å². The molecular weight excluding hydrogens is 500 g/mol. The Morgan fingerprint density at radius 3 is 2.70 bits per heavy atom. The molecule has 0 saturated carbocycles. The van der Waals surface area contributed by atoms with Gasteiger partial charge < -0.3 is 19.0 Å². The van der Waals surface area contributed by atoms with Gasteiger partial charge in [-0.05, 0) is 39.0 Å². The van der Waals surface area contributed by atoms with Crippen LogP contribution in [0.15, 0.2) is 33.9 Å². The minimum absolute atomic E-state index is 0.0313. The molecule has 37 heavy (non-hydrogen) atoms. The zero-order valence-electron chi connectivity index (χ0n) is 21.4. The molecule has 5 rings (SSSR count). The third-order valence-electron chi connectivity index (χ3n) is 6.44. The van der Waals surface area contributed by atoms with Crippen molar-refractivity contribution in [2.24, 2.45) is 14.1 Å². The molecule has 3 aromatic heterocycles. The van der Waals surface area contributed by atoms with Crippen molar-refractivity contribution in [2.75, 3.05) is 19.8 Å². The number of halogens is 1. The topological polar surface area (TPSA) is 116 Å². The summed E-state index contributed by atoms with van der Waals surface area (Å²) in [6.07, 6.45) is -0.489. The number of nitrogens with zero attached hydrogens (tertiary/aromatic N) is 5. The predicted molar refractivity (Wildman–Crippen MR) is 139 cm³/mol. The molecule has 0 radical (unpaired) electrons. The van der Waals surface area contributed by atoms with Crippen LogP contribution in [0, 0.1) is 0 Å². The van der Waals surface area contributed by atoms with Crippen LogP contribution in [0.2, 0.25) is 5.02 Å². The van der Waals surface area contributed by atoms with E-state index in [1.807, 2.05) is 18.2 Å². The van der Waals surface area contributed by atoms with Crippen LogP contribution in [0.1, 0.15) is 38.3 Å². The summed E-state index contributed by atoms with van der Waals surface area (Å²) in [5, 5.41) is 1.39. The average molecular weight is 529 g/mol. The monoisotopic (exact) mass is 528 g/mol. The second-order valence-corrected chi connectivity index (χ2v) is 10.6. The number of imidazole rings is 1. The number of aromatic amines is 1. The Labute approximate surface area is 217 Å². The molecule has 1 saturated heterocycles. The third kappa shape index (κ3) is 4.42. The van der Waals surface area contributed by atoms with E-state index in [0.29, 0.717) is 29.7 Å². The quantitative estimate of drug-likeness (QED) is 0.437. The van der Waals surface area contributed by atoms with Crippen LogP contribution in [0.4, 0.5) is 4.79 Å². The van der Waals surface area contributed by atoms with Crippen LogP contribution < -0.4 is 11.2 Å². The first-order chi connectivity index (χ1) is 17.5. The molecule has 1 aliphatic heterocycles. The number of fused-ring (bicyclic) bond motifs is 2. The minimum atomic E-state index is -0.670. The van der Waals surface area contributed by atoms with Crippen molar-refractivity contribution >= 4 is 39.8 Å². The number of H-pyrrole nitrogens is 1. The van der Waals surface area contributed by atoms with Crippen molar-refractivity contribution in [3.8, 4) is 0 Å². The van der Waals surface area contributed by atoms with Gasteiger partial charge in [-0.1, -0.05) is 17.7 Å². The fourth-order valence-corrected chi connectivity index (χ4v) is 4.92. The zero-order chi connectivity index (χ0) is 26.6. The number of aromatic nitrogens is 5. The highest BCUT2D eigenvalue weighted by Gasteiger charge is 2.35. The fraction of sp³-hybridized carbons (Fsp3) is 0.440. The molecule has 11 nitrogen and oxygen atoms in total. The van der Waals surface area contributed by atoms with Gasteiger partial charge in [0.05, 0.1) is 19.8 Å². The van der Waals surface area contributed by atoms with Crippen molar-refractivity contribution in [3.63, 3.8) is 0 Å². The molecule has 1 amide bonds. The standard InChI is InChI=1S/C25H29ClN6O5/c1-25(2,3)37-24(35)31-9-10-36-13-18(31)20-28-21-19(29(20)4)22(33)32(23(34)30(21)5)12-14-11-15-16(26)7-6-8-17(15)27-14/h6-8,11,18,27H,9-10,12-13H2,1-5H3. The number of hydrogen-bond acceptors (Lipinski definition) is 6. The van der Waals surface area contributed by atoms with Crippen molar-refractivity contribution < 1.29 is 14.3 Å². The molecule has 1 N–H and O–H groups in total. The summed E-state index contributed by atoms with van der Waals surface area (Å²) < 4.78 is 15.4. The molecule has 1 unspecified atom stereocenters. The lowest BCUT2D eigenvalue weighted by Gasteiger charge is -2.36. The first-order valence-electron chi connectivity index (χ1n) is 12.0. The van der Waals surface area contributed by atoms with Crippen LogP contribution >= 0.6 is 11.6 Å². The molecule has 1 fully saturated rings. The van der Waals surface area contributed by atoms with E-state index in [-0.39, 0.29) is 24.3 Å². The number of carbonyl (C=O) groups excluding carboxylic acids is 1. The van der Waals surface area contributed by atoms with Crippen molar-refractivity contribution in [2.45, 2.75) is 39.0 Å². The number of ether oxygens (including phenoxy) is 2. The molecule has 4 heterocycles. The van der Waals surface area contributed by atoms with Gasteiger partial charge in [-0.3, -0.25) is 18.8 Å². The van der Waals surface area contributed by atoms with E-state index in [1.54, 1.807) is 50.4 Å². The Bertz CT molecular complexity index is 1640. The highest BCUT2D eigenvalue weighted by Crippen LogP contribution is 2.27. The lowest BCUT2D eigenvalue weighted by molar-refractivity contribution is -0.0355. The van der Waals surface area contributed by atoms with E-state index in [0.717, 1.165) is 15.5 Å². The Hall–Kier alpha value is -3.57. The summed E-state index contributed by atoms with van der Waals surface area (Å²) in [5.41, 5.74) is 0.313. The average Bonchev–Trinajstić information content (AvgIpc) is 3.41. The minimum Gasteiger partial charge on any atom is -0.444 e. The Morgan fingerprint density at radius 1 is 1.24 bits per heavy atom. The fourth-order valence-electron chi connectivity index (χ4n) is 4.69. The molecule has 4 aromatic rings. The molecule has 0 spiro atoms. The van der Waals surface area contributed by atoms with Crippen LogP contribution in [0.25, 0.3) is 22.1 Å². The molecule has 196 valence electrons. The Balaban J connectivity index is 1.59. The van der Waals surface area contributed by atoms with Gasteiger partial charge in [0.25, 0.3) is 5.56 Å². The van der Waals surface area contributed by atoms with Crippen molar-refractivity contribution in [1.29, 1.82) is 0 Å². The number of nitrogens with one attached hydrogen (secondary N) is 1. The molecule has 0 aliphatic carbocycles. The van der Waals surface area contributed by atoms with E-state index in [2.05, 4.69) is 9.97 Å². The normalized spacial score (nSPS) is 16.6. The number of amides is 1. The number of carbonyl (C=O) groups is 1. The molecule has 12 heteroatoms. The predicted octanol–water partition coefficient (Wildman–Crippen LogP) is 2.93. The summed E-state index contributed by atoms with van der Waals surface area (Å²) in [7, 11) is 3.27. The van der Waals surface area contributed by atoms with Crippen LogP contribution in [0.5, 0.6) is 0 Å². The second kappa shape index (κ2) is 9.07. The van der Waals surface area contributed by atoms with Crippen molar-refractivity contribution in [1.82, 2.24) is 28.6 Å². The van der Waals surface area contributed by atoms with Gasteiger partial charge in [0.2, 0.25) is 0 Å². The highest BCUT2D eigenvalue weighted by molar-refractivity contribution is 6.35. The lowest BCUT2D eigenvalue weighted by Crippen LogP contribution is -2.46. The molecular formula is C25H29ClN6O5. The summed E-state index contributed by atoms with van der Waals surface area (Å²) in [6.45, 7) is 6.30. The van der Waals surface area contributed by atoms with Gasteiger partial charge in [0.15, 0.2) is 11.2 Å². The first kappa shape index (κ1) is 25.1. The number of aryl methyl sites for hydroxylation is 2. The smallest absolute Gasteiger partial charge is 0.411 e. The highest BCUT2D eigenvalue weighted by atomic mass is 35.5. The first-order valence-corrected chi connectivity index (χ1v) is 12.3. The van der Waals surface area contributed by atoms with E-state index in [4.69, 9.17) is 21.1 Å². The molecule has 1 aliphatic rings. The maximum Gasteiger partial charge on any atom is 0.411 e. The largest absolute Gasteiger partial charge is 0.444 e. The maximum absolute atomic E-state index is 13.6. The van der Waals surface area contributed by atoms with Crippen molar-refractivity contribution in [3.05, 3.63) is 61.6 Å². The zero-order valence-corrected chi connectivity index (χ0v) is 22.1. The number of rotatable bonds is 3. The molecule has 1 aromatic carbocycles. The van der Waals surface area contributed by atoms with E-state index in [1.165, 1.54) is 4.57 Å². The van der Waals surface area contributed by atoms with Gasteiger partial charge in [-0.2, -0.15) is 0 Å². The summed E-state index contributed by atoms with van der Waals surface area (Å²) in [5.74, 6) is 0.433. The van der Waals surface area contributed by atoms with Gasteiger partial charge in [0.1, 0.15) is 17.5 Å². The van der Waals surface area contributed by atoms with Gasteiger partial charge in [0, 0.05) is 42.3 Å².